The van der Waals surface area contributed by atoms with E-state index >= 15 is 0 Å². The Morgan fingerprint density at radius 3 is 2.40 bits per heavy atom. The Hall–Kier alpha value is -1.30. The van der Waals surface area contributed by atoms with Crippen molar-refractivity contribution in [3.63, 3.8) is 0 Å². The molecule has 0 spiro atoms. The molecule has 0 heterocycles. The van der Waals surface area contributed by atoms with Crippen molar-refractivity contribution in [1.82, 2.24) is 0 Å². The summed E-state index contributed by atoms with van der Waals surface area (Å²) in [6.07, 6.45) is 10.3. The van der Waals surface area contributed by atoms with Gasteiger partial charge in [0.05, 0.1) is 0 Å². The summed E-state index contributed by atoms with van der Waals surface area (Å²) in [5.41, 5.74) is 1.59. The fourth-order valence-corrected chi connectivity index (χ4v) is 4.64. The molecule has 0 N–H and O–H groups in total. The minimum Gasteiger partial charge on any atom is -0.0616 e. The van der Waals surface area contributed by atoms with Gasteiger partial charge in [-0.05, 0) is 53.4 Å². The molecule has 2 aromatic carbocycles. The average molecular weight is 264 g/mol. The molecule has 0 bridgehead atoms. The van der Waals surface area contributed by atoms with E-state index in [1.54, 1.807) is 5.56 Å². The van der Waals surface area contributed by atoms with E-state index in [4.69, 9.17) is 0 Å². The molecule has 2 fully saturated rings. The van der Waals surface area contributed by atoms with E-state index in [9.17, 15) is 0 Å². The first-order valence-corrected chi connectivity index (χ1v) is 8.39. The molecule has 4 rings (SSSR count). The molecule has 2 saturated carbocycles. The van der Waals surface area contributed by atoms with Crippen molar-refractivity contribution in [3.05, 3.63) is 48.0 Å². The van der Waals surface area contributed by atoms with Gasteiger partial charge in [0.25, 0.3) is 0 Å². The monoisotopic (exact) mass is 264 g/mol. The summed E-state index contributed by atoms with van der Waals surface area (Å²) in [4.78, 5) is 0. The fraction of sp³-hybridized carbons (Fsp3) is 0.500. The fourth-order valence-electron chi connectivity index (χ4n) is 4.64. The Balaban J connectivity index is 1.59. The quantitative estimate of drug-likeness (QED) is 0.600. The highest BCUT2D eigenvalue weighted by Gasteiger charge is 2.32. The van der Waals surface area contributed by atoms with E-state index in [0.717, 1.165) is 17.8 Å². The Morgan fingerprint density at radius 1 is 0.700 bits per heavy atom. The van der Waals surface area contributed by atoms with Crippen LogP contribution >= 0.6 is 0 Å². The van der Waals surface area contributed by atoms with Crippen LogP contribution in [0.15, 0.2) is 42.5 Å². The largest absolute Gasteiger partial charge is 0.0616 e. The lowest BCUT2D eigenvalue weighted by Crippen LogP contribution is -2.26. The summed E-state index contributed by atoms with van der Waals surface area (Å²) in [6, 6.07) is 15.9. The first-order valence-electron chi connectivity index (χ1n) is 8.39. The van der Waals surface area contributed by atoms with Gasteiger partial charge in [0, 0.05) is 0 Å². The summed E-state index contributed by atoms with van der Waals surface area (Å²) in [5, 5.41) is 2.79. The highest BCUT2D eigenvalue weighted by Crippen LogP contribution is 2.46. The molecule has 3 atom stereocenters. The normalized spacial score (nSPS) is 30.1. The molecule has 2 aliphatic rings. The maximum Gasteiger partial charge on any atom is -0.0159 e. The van der Waals surface area contributed by atoms with E-state index in [0.29, 0.717) is 0 Å². The lowest BCUT2D eigenvalue weighted by Gasteiger charge is -2.39. The predicted octanol–water partition coefficient (Wildman–Crippen LogP) is 5.91. The van der Waals surface area contributed by atoms with Crippen LogP contribution < -0.4 is 0 Å². The number of hydrogen-bond acceptors (Lipinski definition) is 0. The van der Waals surface area contributed by atoms with E-state index in [2.05, 4.69) is 42.5 Å². The van der Waals surface area contributed by atoms with E-state index in [-0.39, 0.29) is 0 Å². The standard InChI is InChI=1S/C20H24/c1-3-7-17-13-19(11-9-15(17)5-1)20-12-10-16-6-2-4-8-18(16)14-20/h1,3,5,7,9,11,13,16,18,20H,2,4,6,8,10,12,14H2. The van der Waals surface area contributed by atoms with E-state index in [1.165, 1.54) is 55.7 Å². The zero-order valence-electron chi connectivity index (χ0n) is 12.2. The number of rotatable bonds is 1. The van der Waals surface area contributed by atoms with Crippen molar-refractivity contribution in [2.24, 2.45) is 11.8 Å². The molecule has 20 heavy (non-hydrogen) atoms. The SMILES string of the molecule is c1ccc2cc(C3CCC4CCCCC4C3)ccc2c1. The molecular formula is C20H24. The Labute approximate surface area is 122 Å². The third-order valence-electron chi connectivity index (χ3n) is 5.78. The van der Waals surface area contributed by atoms with Crippen molar-refractivity contribution in [1.29, 1.82) is 0 Å². The molecule has 0 aromatic heterocycles. The van der Waals surface area contributed by atoms with Gasteiger partial charge >= 0.3 is 0 Å². The molecule has 0 aliphatic heterocycles. The van der Waals surface area contributed by atoms with Crippen molar-refractivity contribution >= 4 is 10.8 Å². The van der Waals surface area contributed by atoms with E-state index in [1.807, 2.05) is 0 Å². The zero-order chi connectivity index (χ0) is 13.4. The summed E-state index contributed by atoms with van der Waals surface area (Å²) < 4.78 is 0. The predicted molar refractivity (Wildman–Crippen MR) is 86.0 cm³/mol. The highest BCUT2D eigenvalue weighted by molar-refractivity contribution is 5.83. The summed E-state index contributed by atoms with van der Waals surface area (Å²) in [6.45, 7) is 0. The second-order valence-corrected chi connectivity index (χ2v) is 6.92. The summed E-state index contributed by atoms with van der Waals surface area (Å²) >= 11 is 0. The van der Waals surface area contributed by atoms with Crippen LogP contribution in [0.1, 0.15) is 56.4 Å². The summed E-state index contributed by atoms with van der Waals surface area (Å²) in [5.74, 6) is 2.90. The Kier molecular flexibility index (Phi) is 3.26. The lowest BCUT2D eigenvalue weighted by molar-refractivity contribution is 0.155. The minimum absolute atomic E-state index is 0.818. The first-order chi connectivity index (χ1) is 9.90. The highest BCUT2D eigenvalue weighted by atomic mass is 14.4. The molecule has 104 valence electrons. The van der Waals surface area contributed by atoms with Crippen molar-refractivity contribution < 1.29 is 0 Å². The molecule has 2 aromatic rings. The maximum atomic E-state index is 2.45. The van der Waals surface area contributed by atoms with Gasteiger partial charge in [-0.3, -0.25) is 0 Å². The van der Waals surface area contributed by atoms with Crippen molar-refractivity contribution in [2.45, 2.75) is 50.9 Å². The molecule has 0 amide bonds. The topological polar surface area (TPSA) is 0 Å². The van der Waals surface area contributed by atoms with Gasteiger partial charge in [-0.25, -0.2) is 0 Å². The Bertz CT molecular complexity index is 598. The van der Waals surface area contributed by atoms with Crippen LogP contribution in [0, 0.1) is 11.8 Å². The van der Waals surface area contributed by atoms with E-state index < -0.39 is 0 Å². The van der Waals surface area contributed by atoms with Gasteiger partial charge in [-0.15, -0.1) is 0 Å². The molecule has 0 radical (unpaired) electrons. The molecule has 0 saturated heterocycles. The van der Waals surface area contributed by atoms with Crippen LogP contribution in [-0.4, -0.2) is 0 Å². The number of benzene rings is 2. The Morgan fingerprint density at radius 2 is 1.50 bits per heavy atom. The van der Waals surface area contributed by atoms with Gasteiger partial charge < -0.3 is 0 Å². The van der Waals surface area contributed by atoms with Crippen LogP contribution in [0.4, 0.5) is 0 Å². The molecular weight excluding hydrogens is 240 g/mol. The van der Waals surface area contributed by atoms with Crippen LogP contribution in [0.2, 0.25) is 0 Å². The van der Waals surface area contributed by atoms with Crippen LogP contribution in [-0.2, 0) is 0 Å². The second kappa shape index (κ2) is 5.24. The van der Waals surface area contributed by atoms with Gasteiger partial charge in [-0.2, -0.15) is 0 Å². The van der Waals surface area contributed by atoms with Crippen LogP contribution in [0.3, 0.4) is 0 Å². The van der Waals surface area contributed by atoms with Gasteiger partial charge in [-0.1, -0.05) is 68.1 Å². The molecule has 3 unspecified atom stereocenters. The van der Waals surface area contributed by atoms with Gasteiger partial charge in [0.2, 0.25) is 0 Å². The number of fused-ring (bicyclic) bond motifs is 2. The van der Waals surface area contributed by atoms with Gasteiger partial charge in [0.15, 0.2) is 0 Å². The van der Waals surface area contributed by atoms with Crippen LogP contribution in [0.25, 0.3) is 10.8 Å². The lowest BCUT2D eigenvalue weighted by atomic mass is 9.66. The smallest absolute Gasteiger partial charge is 0.0159 e. The minimum atomic E-state index is 0.818. The van der Waals surface area contributed by atoms with Crippen molar-refractivity contribution in [2.75, 3.05) is 0 Å². The molecule has 0 heteroatoms. The molecule has 0 nitrogen and oxygen atoms in total. The maximum absolute atomic E-state index is 2.45. The second-order valence-electron chi connectivity index (χ2n) is 6.92. The van der Waals surface area contributed by atoms with Crippen LogP contribution in [0.5, 0.6) is 0 Å². The average Bonchev–Trinajstić information content (AvgIpc) is 2.54. The summed E-state index contributed by atoms with van der Waals surface area (Å²) in [7, 11) is 0. The van der Waals surface area contributed by atoms with Crippen molar-refractivity contribution in [3.8, 4) is 0 Å². The third kappa shape index (κ3) is 2.26. The zero-order valence-corrected chi connectivity index (χ0v) is 12.2. The molecule has 2 aliphatic carbocycles. The first kappa shape index (κ1) is 12.4. The van der Waals surface area contributed by atoms with Gasteiger partial charge in [0.1, 0.15) is 0 Å². The number of hydrogen-bond donors (Lipinski definition) is 0. The third-order valence-corrected chi connectivity index (χ3v) is 5.78.